The number of nitrogens with zero attached hydrogens (tertiary/aromatic N) is 2. The van der Waals surface area contributed by atoms with E-state index in [0.717, 1.165) is 86.4 Å². The number of rotatable bonds is 8. The number of aromatic nitrogens is 4. The average Bonchev–Trinajstić information content (AvgIpc) is 3.76. The molecule has 0 radical (unpaired) electrons. The van der Waals surface area contributed by atoms with Gasteiger partial charge in [-0.3, -0.25) is 4.98 Å². The fourth-order valence-corrected chi connectivity index (χ4v) is 8.53. The van der Waals surface area contributed by atoms with E-state index >= 15 is 0 Å². The highest BCUT2D eigenvalue weighted by Crippen LogP contribution is 2.43. The molecule has 9 nitrogen and oxygen atoms in total. The number of fused-ring (bicyclic) bond motifs is 8. The molecule has 8 bridgehead atoms. The number of hydrogen-bond acceptors (Lipinski definition) is 8. The predicted molar refractivity (Wildman–Crippen MR) is 195 cm³/mol. The quantitative estimate of drug-likeness (QED) is 0.122. The van der Waals surface area contributed by atoms with Crippen LogP contribution in [0.25, 0.3) is 39.8 Å². The number of nitrogens with one attached hydrogen (secondary N) is 2. The third-order valence-corrected chi connectivity index (χ3v) is 11.9. The Morgan fingerprint density at radius 3 is 2.46 bits per heavy atom. The van der Waals surface area contributed by atoms with E-state index < -0.39 is 29.9 Å². The van der Waals surface area contributed by atoms with Crippen LogP contribution in [0, 0.1) is 20.8 Å². The van der Waals surface area contributed by atoms with Crippen molar-refractivity contribution in [3.63, 3.8) is 0 Å². The maximum absolute atomic E-state index is 11.1. The summed E-state index contributed by atoms with van der Waals surface area (Å²) in [6.45, 7) is 16.4. The second-order valence-electron chi connectivity index (χ2n) is 13.5. The zero-order chi connectivity index (χ0) is 34.5. The third kappa shape index (κ3) is 6.08. The van der Waals surface area contributed by atoms with Crippen LogP contribution in [-0.4, -0.2) is 82.6 Å². The Morgan fingerprint density at radius 1 is 1.02 bits per heavy atom. The molecular weight excluding hydrogens is 625 g/mol. The van der Waals surface area contributed by atoms with Crippen LogP contribution in [0.4, 0.5) is 0 Å². The lowest BCUT2D eigenvalue weighted by Crippen LogP contribution is -2.60. The van der Waals surface area contributed by atoms with Crippen molar-refractivity contribution in [2.75, 3.05) is 19.0 Å². The molecule has 0 amide bonds. The highest BCUT2D eigenvalue weighted by molar-refractivity contribution is 8.00. The molecule has 256 valence electrons. The molecule has 1 saturated heterocycles. The average molecular weight is 673 g/mol. The minimum atomic E-state index is -1.65. The summed E-state index contributed by atoms with van der Waals surface area (Å²) in [5.41, 5.74) is 14.8. The molecule has 48 heavy (non-hydrogen) atoms. The monoisotopic (exact) mass is 672 g/mol. The second kappa shape index (κ2) is 13.6. The smallest absolute Gasteiger partial charge is 0.162 e. The van der Waals surface area contributed by atoms with Gasteiger partial charge in [-0.2, -0.15) is 0 Å². The van der Waals surface area contributed by atoms with Gasteiger partial charge in [0, 0.05) is 50.9 Å². The van der Waals surface area contributed by atoms with Crippen LogP contribution in [0.3, 0.4) is 0 Å². The van der Waals surface area contributed by atoms with Gasteiger partial charge in [0.25, 0.3) is 0 Å². The molecule has 0 aromatic carbocycles. The molecule has 0 saturated carbocycles. The van der Waals surface area contributed by atoms with Crippen LogP contribution < -0.4 is 0 Å². The number of aliphatic hydroxyl groups is 4. The van der Waals surface area contributed by atoms with Gasteiger partial charge in [-0.25, -0.2) is 4.98 Å². The molecule has 0 spiro atoms. The van der Waals surface area contributed by atoms with Crippen LogP contribution in [0.2, 0.25) is 0 Å². The number of aliphatic hydroxyl groups excluding tert-OH is 3. The van der Waals surface area contributed by atoms with Gasteiger partial charge in [0.05, 0.1) is 24.6 Å². The summed E-state index contributed by atoms with van der Waals surface area (Å²) < 4.78 is 5.45. The predicted octanol–water partition coefficient (Wildman–Crippen LogP) is 6.21. The molecule has 6 rings (SSSR count). The topological polar surface area (TPSA) is 148 Å². The molecule has 3 aromatic rings. The van der Waals surface area contributed by atoms with Crippen molar-refractivity contribution in [3.05, 3.63) is 75.4 Å². The van der Waals surface area contributed by atoms with Crippen molar-refractivity contribution in [1.29, 1.82) is 0 Å². The Labute approximate surface area is 286 Å². The van der Waals surface area contributed by atoms with Gasteiger partial charge in [0.2, 0.25) is 0 Å². The van der Waals surface area contributed by atoms with Crippen molar-refractivity contribution < 1.29 is 25.2 Å². The van der Waals surface area contributed by atoms with Crippen LogP contribution in [-0.2, 0) is 11.2 Å². The van der Waals surface area contributed by atoms with E-state index in [1.54, 1.807) is 0 Å². The van der Waals surface area contributed by atoms with E-state index in [0.29, 0.717) is 5.75 Å². The first-order valence-corrected chi connectivity index (χ1v) is 17.9. The van der Waals surface area contributed by atoms with Crippen molar-refractivity contribution >= 4 is 51.6 Å². The summed E-state index contributed by atoms with van der Waals surface area (Å²) in [6, 6.07) is 6.51. The molecule has 0 aliphatic carbocycles. The molecule has 3 aromatic heterocycles. The summed E-state index contributed by atoms with van der Waals surface area (Å²) in [5, 5.41) is 41.4. The van der Waals surface area contributed by atoms with Crippen LogP contribution in [0.5, 0.6) is 0 Å². The molecule has 3 aliphatic rings. The summed E-state index contributed by atoms with van der Waals surface area (Å²) >= 11 is 1.18. The van der Waals surface area contributed by atoms with Gasteiger partial charge in [0.1, 0.15) is 18.3 Å². The van der Waals surface area contributed by atoms with Gasteiger partial charge >= 0.3 is 0 Å². The number of H-pyrrole nitrogens is 2. The first-order chi connectivity index (χ1) is 22.9. The molecule has 6 heterocycles. The van der Waals surface area contributed by atoms with Gasteiger partial charge in [-0.1, -0.05) is 26.5 Å². The van der Waals surface area contributed by atoms with Crippen molar-refractivity contribution in [1.82, 2.24) is 19.9 Å². The van der Waals surface area contributed by atoms with Gasteiger partial charge in [0.15, 0.2) is 4.93 Å². The van der Waals surface area contributed by atoms with E-state index in [4.69, 9.17) is 14.7 Å². The van der Waals surface area contributed by atoms with Crippen LogP contribution in [0.1, 0.15) is 96.0 Å². The Hall–Kier alpha value is -3.25. The molecule has 6 atom stereocenters. The molecular formula is C38H48N4O5S. The number of hydrogen-bond donors (Lipinski definition) is 6. The minimum absolute atomic E-state index is 0.114. The van der Waals surface area contributed by atoms with Gasteiger partial charge < -0.3 is 35.1 Å². The van der Waals surface area contributed by atoms with Crippen LogP contribution >= 0.6 is 11.8 Å². The fourth-order valence-electron chi connectivity index (χ4n) is 7.40. The normalized spacial score (nSPS) is 25.7. The maximum atomic E-state index is 11.1. The maximum Gasteiger partial charge on any atom is 0.162 e. The lowest BCUT2D eigenvalue weighted by molar-refractivity contribution is -0.207. The minimum Gasteiger partial charge on any atom is -0.394 e. The molecule has 1 fully saturated rings. The van der Waals surface area contributed by atoms with Gasteiger partial charge in [-0.15, -0.1) is 11.8 Å². The highest BCUT2D eigenvalue weighted by atomic mass is 32.2. The third-order valence-electron chi connectivity index (χ3n) is 10.5. The van der Waals surface area contributed by atoms with Gasteiger partial charge in [-0.05, 0) is 105 Å². The first kappa shape index (κ1) is 34.6. The van der Waals surface area contributed by atoms with Crippen molar-refractivity contribution in [2.45, 2.75) is 95.9 Å². The molecule has 3 aliphatic heterocycles. The molecule has 4 unspecified atom stereocenters. The number of aromatic amines is 2. The summed E-state index contributed by atoms with van der Waals surface area (Å²) in [4.78, 5) is 16.1. The van der Waals surface area contributed by atoms with E-state index in [2.05, 4.69) is 82.4 Å². The Kier molecular flexibility index (Phi) is 9.79. The highest BCUT2D eigenvalue weighted by Gasteiger charge is 2.48. The SMILES string of the molecule is C=Cc1c(C)c2cc3nc(c(C)c4nc(cc5[nH]c(cc1[nH]2)c(C)c5CC)C(C)=C4)[C@@H](CCCSC1(O)COC(CO)C(O)C1O)[C@@H]3C. The van der Waals surface area contributed by atoms with E-state index in [-0.39, 0.29) is 18.4 Å². The Morgan fingerprint density at radius 2 is 1.75 bits per heavy atom. The number of aryl methyl sites for hydroxylation is 3. The summed E-state index contributed by atoms with van der Waals surface area (Å²) in [6.07, 6.45) is 2.82. The lowest BCUT2D eigenvalue weighted by atomic mass is 9.86. The summed E-state index contributed by atoms with van der Waals surface area (Å²) in [7, 11) is 0. The fraction of sp³-hybridized carbons (Fsp3) is 0.474. The number of thioether (sulfide) groups is 1. The largest absolute Gasteiger partial charge is 0.394 e. The van der Waals surface area contributed by atoms with Crippen molar-refractivity contribution in [2.24, 2.45) is 0 Å². The number of allylic oxidation sites excluding steroid dienone is 1. The van der Waals surface area contributed by atoms with Crippen molar-refractivity contribution in [3.8, 4) is 0 Å². The Bertz CT molecular complexity index is 1930. The molecule has 10 heteroatoms. The van der Waals surface area contributed by atoms with Crippen LogP contribution in [0.15, 0.2) is 24.8 Å². The standard InChI is InChI=1S/C38H48N4O5S/c1-8-24-21(5)30-16-33-25(9-2)20(4)29(40-33)15-31-22(6)26(11-10-12-48-38(46)18-47-34(17-43)36(44)37(38)45)35(42-31)23(7)28-13-19(3)27(39-28)14-32(24)41-30/h9,13-16,22,26,34,36-37,40-41,43-46H,2,8,10-12,17-18H2,1,3-7H3/t22-,26-,34?,36?,37?,38?/m0/s1. The lowest BCUT2D eigenvalue weighted by Gasteiger charge is -2.42. The first-order valence-electron chi connectivity index (χ1n) is 16.9. The number of ether oxygens (including phenoxy) is 1. The van der Waals surface area contributed by atoms with E-state index in [1.165, 1.54) is 22.9 Å². The second-order valence-corrected chi connectivity index (χ2v) is 14.9. The Balaban J connectivity index is 1.43. The molecule has 6 N–H and O–H groups in total. The van der Waals surface area contributed by atoms with E-state index in [1.807, 2.05) is 6.08 Å². The van der Waals surface area contributed by atoms with E-state index in [9.17, 15) is 20.4 Å². The zero-order valence-electron chi connectivity index (χ0n) is 28.7. The summed E-state index contributed by atoms with van der Waals surface area (Å²) in [5.74, 6) is 0.784. The zero-order valence-corrected chi connectivity index (χ0v) is 29.5.